The lowest BCUT2D eigenvalue weighted by Gasteiger charge is -2.36. The van der Waals surface area contributed by atoms with Crippen molar-refractivity contribution in [2.45, 2.75) is 37.5 Å². The summed E-state index contributed by atoms with van der Waals surface area (Å²) in [5.41, 5.74) is 1.08. The molecule has 0 aliphatic carbocycles. The molecule has 27 heavy (non-hydrogen) atoms. The van der Waals surface area contributed by atoms with Gasteiger partial charge in [0.05, 0.1) is 16.6 Å². The van der Waals surface area contributed by atoms with Crippen LogP contribution < -0.4 is 5.32 Å². The van der Waals surface area contributed by atoms with Gasteiger partial charge in [-0.05, 0) is 60.7 Å². The van der Waals surface area contributed by atoms with E-state index in [1.54, 1.807) is 11.0 Å². The van der Waals surface area contributed by atoms with E-state index in [4.69, 9.17) is 11.6 Å². The van der Waals surface area contributed by atoms with Gasteiger partial charge >= 0.3 is 12.2 Å². The van der Waals surface area contributed by atoms with Gasteiger partial charge in [-0.25, -0.2) is 9.18 Å². The summed E-state index contributed by atoms with van der Waals surface area (Å²) in [7, 11) is 0. The van der Waals surface area contributed by atoms with Gasteiger partial charge in [-0.1, -0.05) is 17.7 Å². The fraction of sp³-hybridized carbons (Fsp3) is 0.316. The van der Waals surface area contributed by atoms with Crippen molar-refractivity contribution in [1.82, 2.24) is 4.90 Å². The summed E-state index contributed by atoms with van der Waals surface area (Å²) < 4.78 is 51.9. The molecule has 2 amide bonds. The number of urea groups is 1. The minimum atomic E-state index is -4.55. The van der Waals surface area contributed by atoms with Crippen molar-refractivity contribution in [2.24, 2.45) is 0 Å². The number of rotatable bonds is 1. The van der Waals surface area contributed by atoms with E-state index in [9.17, 15) is 22.4 Å². The molecular weight excluding hydrogens is 384 g/mol. The summed E-state index contributed by atoms with van der Waals surface area (Å²) >= 11 is 5.71. The lowest BCUT2D eigenvalue weighted by Crippen LogP contribution is -2.44. The highest BCUT2D eigenvalue weighted by Crippen LogP contribution is 2.44. The first-order valence-electron chi connectivity index (χ1n) is 8.48. The summed E-state index contributed by atoms with van der Waals surface area (Å²) in [6.45, 7) is 0. The van der Waals surface area contributed by atoms with E-state index in [0.29, 0.717) is 6.42 Å². The van der Waals surface area contributed by atoms with Crippen molar-refractivity contribution in [3.63, 3.8) is 0 Å². The third kappa shape index (κ3) is 3.25. The maximum Gasteiger partial charge on any atom is 0.417 e. The molecule has 2 atom stereocenters. The molecule has 2 aromatic carbocycles. The Hall–Kier alpha value is -2.28. The lowest BCUT2D eigenvalue weighted by molar-refractivity contribution is -0.137. The zero-order chi connectivity index (χ0) is 19.3. The topological polar surface area (TPSA) is 32.3 Å². The van der Waals surface area contributed by atoms with Gasteiger partial charge in [0.2, 0.25) is 0 Å². The van der Waals surface area contributed by atoms with Crippen molar-refractivity contribution >= 4 is 23.3 Å². The normalized spacial score (nSPS) is 21.1. The standard InChI is InChI=1S/C19H15ClF4N2O/c20-16-9-12(2-5-15(16)19(22,23)24)25-18(27)26-13-3-6-17(26)14-4-1-11(21)7-10(14)8-13/h1-2,4-5,7,9,13,17H,3,6,8H2,(H,25,27). The van der Waals surface area contributed by atoms with Crippen LogP contribution in [-0.4, -0.2) is 17.0 Å². The molecule has 2 aliphatic heterocycles. The van der Waals surface area contributed by atoms with Crippen LogP contribution in [0.2, 0.25) is 5.02 Å². The van der Waals surface area contributed by atoms with Crippen molar-refractivity contribution in [3.05, 3.63) is 63.9 Å². The molecule has 1 fully saturated rings. The van der Waals surface area contributed by atoms with E-state index in [0.717, 1.165) is 36.1 Å². The van der Waals surface area contributed by atoms with Crippen LogP contribution in [0.1, 0.15) is 35.6 Å². The second kappa shape index (κ2) is 6.41. The van der Waals surface area contributed by atoms with Crippen molar-refractivity contribution in [2.75, 3.05) is 5.32 Å². The van der Waals surface area contributed by atoms with Crippen LogP contribution >= 0.6 is 11.6 Å². The number of carbonyl (C=O) groups excluding carboxylic acids is 1. The Labute approximate surface area is 157 Å². The highest BCUT2D eigenvalue weighted by molar-refractivity contribution is 6.31. The fourth-order valence-corrected chi connectivity index (χ4v) is 4.32. The van der Waals surface area contributed by atoms with Gasteiger partial charge in [-0.2, -0.15) is 13.2 Å². The second-order valence-corrected chi connectivity index (χ2v) is 7.23. The third-order valence-electron chi connectivity index (χ3n) is 5.18. The number of hydrogen-bond donors (Lipinski definition) is 1. The van der Waals surface area contributed by atoms with E-state index in [1.807, 2.05) is 0 Å². The molecule has 142 valence electrons. The molecule has 0 aromatic heterocycles. The van der Waals surface area contributed by atoms with Gasteiger partial charge in [0.15, 0.2) is 0 Å². The Kier molecular flexibility index (Phi) is 4.29. The highest BCUT2D eigenvalue weighted by Gasteiger charge is 2.42. The molecule has 1 N–H and O–H groups in total. The van der Waals surface area contributed by atoms with Crippen molar-refractivity contribution in [3.8, 4) is 0 Å². The Balaban J connectivity index is 1.56. The lowest BCUT2D eigenvalue weighted by atomic mass is 9.93. The van der Waals surface area contributed by atoms with Gasteiger partial charge in [-0.3, -0.25) is 0 Å². The van der Waals surface area contributed by atoms with Gasteiger partial charge < -0.3 is 10.2 Å². The SMILES string of the molecule is O=C(Nc1ccc(C(F)(F)F)c(Cl)c1)N1C2CCC1c1ccc(F)cc1C2. The molecule has 2 heterocycles. The van der Waals surface area contributed by atoms with E-state index in [1.165, 1.54) is 18.2 Å². The van der Waals surface area contributed by atoms with Crippen LogP contribution in [0.15, 0.2) is 36.4 Å². The van der Waals surface area contributed by atoms with E-state index in [-0.39, 0.29) is 23.6 Å². The maximum atomic E-state index is 13.5. The minimum Gasteiger partial charge on any atom is -0.314 e. The molecule has 0 spiro atoms. The third-order valence-corrected chi connectivity index (χ3v) is 5.50. The van der Waals surface area contributed by atoms with Gasteiger partial charge in [0.1, 0.15) is 5.82 Å². The predicted octanol–water partition coefficient (Wildman–Crippen LogP) is 5.79. The smallest absolute Gasteiger partial charge is 0.314 e. The number of benzene rings is 2. The Morgan fingerprint density at radius 1 is 1.15 bits per heavy atom. The van der Waals surface area contributed by atoms with Crippen molar-refractivity contribution in [1.29, 1.82) is 0 Å². The molecule has 1 saturated heterocycles. The summed E-state index contributed by atoms with van der Waals surface area (Å²) in [4.78, 5) is 14.5. The first-order valence-corrected chi connectivity index (χ1v) is 8.86. The predicted molar refractivity (Wildman–Crippen MR) is 93.2 cm³/mol. The molecule has 4 rings (SSSR count). The van der Waals surface area contributed by atoms with Crippen LogP contribution in [0, 0.1) is 5.82 Å². The number of nitrogens with zero attached hydrogens (tertiary/aromatic N) is 1. The number of alkyl halides is 3. The van der Waals surface area contributed by atoms with Gasteiger partial charge in [0, 0.05) is 11.7 Å². The molecule has 2 aliphatic rings. The van der Waals surface area contributed by atoms with Crippen LogP contribution in [0.4, 0.5) is 28.0 Å². The summed E-state index contributed by atoms with van der Waals surface area (Å²) in [6, 6.07) is 7.09. The van der Waals surface area contributed by atoms with Crippen molar-refractivity contribution < 1.29 is 22.4 Å². The number of halogens is 5. The Morgan fingerprint density at radius 2 is 1.93 bits per heavy atom. The fourth-order valence-electron chi connectivity index (χ4n) is 4.04. The van der Waals surface area contributed by atoms with E-state index in [2.05, 4.69) is 5.32 Å². The largest absolute Gasteiger partial charge is 0.417 e. The summed E-state index contributed by atoms with van der Waals surface area (Å²) in [5.74, 6) is -0.301. The van der Waals surface area contributed by atoms with Gasteiger partial charge in [0.25, 0.3) is 0 Å². The molecule has 3 nitrogen and oxygen atoms in total. The minimum absolute atomic E-state index is 0.0609. The van der Waals surface area contributed by atoms with E-state index < -0.39 is 22.8 Å². The number of fused-ring (bicyclic) bond motifs is 4. The first kappa shape index (κ1) is 18.1. The van der Waals surface area contributed by atoms with Gasteiger partial charge in [-0.15, -0.1) is 0 Å². The number of nitrogens with one attached hydrogen (secondary N) is 1. The Bertz CT molecular complexity index is 915. The zero-order valence-electron chi connectivity index (χ0n) is 14.0. The molecule has 0 saturated carbocycles. The number of hydrogen-bond acceptors (Lipinski definition) is 1. The quantitative estimate of drug-likeness (QED) is 0.606. The van der Waals surface area contributed by atoms with E-state index >= 15 is 0 Å². The average molecular weight is 399 g/mol. The van der Waals surface area contributed by atoms with Crippen LogP contribution in [-0.2, 0) is 12.6 Å². The summed E-state index contributed by atoms with van der Waals surface area (Å²) in [6.07, 6.45) is -2.43. The molecule has 2 aromatic rings. The zero-order valence-corrected chi connectivity index (χ0v) is 14.7. The monoisotopic (exact) mass is 398 g/mol. The van der Waals surface area contributed by atoms with Crippen LogP contribution in [0.3, 0.4) is 0 Å². The molecule has 0 radical (unpaired) electrons. The molecule has 8 heteroatoms. The number of amides is 2. The summed E-state index contributed by atoms with van der Waals surface area (Å²) in [5, 5.41) is 2.17. The maximum absolute atomic E-state index is 13.5. The second-order valence-electron chi connectivity index (χ2n) is 6.82. The number of carbonyl (C=O) groups is 1. The van der Waals surface area contributed by atoms with Crippen LogP contribution in [0.5, 0.6) is 0 Å². The average Bonchev–Trinajstić information content (AvgIpc) is 2.89. The number of anilines is 1. The highest BCUT2D eigenvalue weighted by atomic mass is 35.5. The molecular formula is C19H15ClF4N2O. The Morgan fingerprint density at radius 3 is 2.63 bits per heavy atom. The molecule has 2 bridgehead atoms. The van der Waals surface area contributed by atoms with Crippen LogP contribution in [0.25, 0.3) is 0 Å². The molecule has 2 unspecified atom stereocenters. The first-order chi connectivity index (χ1) is 12.7.